The van der Waals surface area contributed by atoms with Crippen LogP contribution in [0, 0.1) is 0 Å². The summed E-state index contributed by atoms with van der Waals surface area (Å²) in [7, 11) is 0. The number of aliphatic hydroxyl groups excluding tert-OH is 3. The summed E-state index contributed by atoms with van der Waals surface area (Å²) in [5.41, 5.74) is 0. The lowest BCUT2D eigenvalue weighted by atomic mass is 9.96. The van der Waals surface area contributed by atoms with E-state index < -0.39 is 36.6 Å². The lowest BCUT2D eigenvalue weighted by Gasteiger charge is -2.39. The molecule has 5 atom stereocenters. The van der Waals surface area contributed by atoms with Gasteiger partial charge in [-0.2, -0.15) is 0 Å². The lowest BCUT2D eigenvalue weighted by molar-refractivity contribution is -0.215. The number of hydrogen-bond acceptors (Lipinski definition) is 6. The van der Waals surface area contributed by atoms with E-state index in [0.717, 1.165) is 6.42 Å². The highest BCUT2D eigenvalue weighted by Crippen LogP contribution is 2.20. The Balaban J connectivity index is 2.39. The van der Waals surface area contributed by atoms with Gasteiger partial charge in [-0.1, -0.05) is 6.92 Å². The first-order chi connectivity index (χ1) is 8.47. The van der Waals surface area contributed by atoms with Gasteiger partial charge in [0.1, 0.15) is 24.4 Å². The Bertz CT molecular complexity index is 274. The van der Waals surface area contributed by atoms with Crippen molar-refractivity contribution in [2.75, 3.05) is 13.2 Å². The van der Waals surface area contributed by atoms with E-state index in [1.807, 2.05) is 6.92 Å². The zero-order chi connectivity index (χ0) is 13.7. The molecular weight excluding hydrogens is 242 g/mol. The Hall–Kier alpha value is -0.890. The molecule has 4 N–H and O–H groups in total. The largest absolute Gasteiger partial charge is 0.450 e. The van der Waals surface area contributed by atoms with Crippen molar-refractivity contribution in [2.24, 2.45) is 0 Å². The molecule has 1 rings (SSSR count). The van der Waals surface area contributed by atoms with E-state index in [1.165, 1.54) is 0 Å². The molecule has 0 spiro atoms. The van der Waals surface area contributed by atoms with Crippen LogP contribution in [0.4, 0.5) is 4.79 Å². The fourth-order valence-corrected chi connectivity index (χ4v) is 1.73. The summed E-state index contributed by atoms with van der Waals surface area (Å²) in [5.74, 6) is 0. The zero-order valence-electron chi connectivity index (χ0n) is 10.6. The van der Waals surface area contributed by atoms with Crippen molar-refractivity contribution in [3.63, 3.8) is 0 Å². The predicted molar refractivity (Wildman–Crippen MR) is 62.0 cm³/mol. The van der Waals surface area contributed by atoms with Crippen molar-refractivity contribution in [1.29, 1.82) is 0 Å². The van der Waals surface area contributed by atoms with Gasteiger partial charge >= 0.3 is 6.09 Å². The summed E-state index contributed by atoms with van der Waals surface area (Å²) in [4.78, 5) is 11.2. The number of aliphatic hydroxyl groups is 3. The van der Waals surface area contributed by atoms with Gasteiger partial charge in [-0.3, -0.25) is 0 Å². The first-order valence-corrected chi connectivity index (χ1v) is 6.07. The highest BCUT2D eigenvalue weighted by atomic mass is 16.6. The number of amides is 1. The summed E-state index contributed by atoms with van der Waals surface area (Å²) < 4.78 is 10.1. The molecule has 3 unspecified atom stereocenters. The van der Waals surface area contributed by atoms with E-state index >= 15 is 0 Å². The van der Waals surface area contributed by atoms with Crippen LogP contribution in [0.2, 0.25) is 0 Å². The quantitative estimate of drug-likeness (QED) is 0.518. The number of alkyl carbamates (subject to hydrolysis) is 1. The Morgan fingerprint density at radius 1 is 1.28 bits per heavy atom. The molecule has 1 fully saturated rings. The normalized spacial score (nSPS) is 36.2. The fourth-order valence-electron chi connectivity index (χ4n) is 1.73. The summed E-state index contributed by atoms with van der Waals surface area (Å²) >= 11 is 0. The molecule has 1 aliphatic heterocycles. The first kappa shape index (κ1) is 15.2. The second-order valence-electron chi connectivity index (χ2n) is 4.37. The molecule has 106 valence electrons. The molecule has 1 aliphatic rings. The highest BCUT2D eigenvalue weighted by molar-refractivity contribution is 5.67. The van der Waals surface area contributed by atoms with Crippen molar-refractivity contribution < 1.29 is 29.6 Å². The van der Waals surface area contributed by atoms with E-state index in [1.54, 1.807) is 6.92 Å². The molecular formula is C11H21NO6. The maximum Gasteiger partial charge on any atom is 0.407 e. The topological polar surface area (TPSA) is 108 Å². The minimum Gasteiger partial charge on any atom is -0.450 e. The van der Waals surface area contributed by atoms with Gasteiger partial charge in [-0.15, -0.1) is 0 Å². The fraction of sp³-hybridized carbons (Fsp3) is 0.909. The standard InChI is InChI=1S/C11H21NO6/c1-3-4-17-11(16)12-5-7-9(14)10(15)8(13)6(2)18-7/h6-10,13-15H,3-5H2,1-2H3,(H,12,16)/t6-,7?,8?,9+,10?/m0/s1. The predicted octanol–water partition coefficient (Wildman–Crippen LogP) is -1.01. The molecule has 7 nitrogen and oxygen atoms in total. The van der Waals surface area contributed by atoms with Crippen LogP contribution in [0.15, 0.2) is 0 Å². The first-order valence-electron chi connectivity index (χ1n) is 6.07. The van der Waals surface area contributed by atoms with Crippen LogP contribution in [0.3, 0.4) is 0 Å². The Morgan fingerprint density at radius 3 is 2.56 bits per heavy atom. The average molecular weight is 263 g/mol. The van der Waals surface area contributed by atoms with Gasteiger partial charge in [-0.05, 0) is 13.3 Å². The average Bonchev–Trinajstić information content (AvgIpc) is 2.36. The van der Waals surface area contributed by atoms with E-state index in [0.29, 0.717) is 6.61 Å². The number of ether oxygens (including phenoxy) is 2. The molecule has 1 saturated heterocycles. The van der Waals surface area contributed by atoms with Gasteiger partial charge < -0.3 is 30.1 Å². The van der Waals surface area contributed by atoms with Gasteiger partial charge in [-0.25, -0.2) is 4.79 Å². The maximum absolute atomic E-state index is 11.2. The van der Waals surface area contributed by atoms with Gasteiger partial charge in [0.05, 0.1) is 12.7 Å². The van der Waals surface area contributed by atoms with Gasteiger partial charge in [0.25, 0.3) is 0 Å². The van der Waals surface area contributed by atoms with Crippen LogP contribution in [0.1, 0.15) is 20.3 Å². The van der Waals surface area contributed by atoms with Crippen LogP contribution >= 0.6 is 0 Å². The van der Waals surface area contributed by atoms with Crippen molar-refractivity contribution in [3.05, 3.63) is 0 Å². The molecule has 1 amide bonds. The molecule has 0 aromatic heterocycles. The van der Waals surface area contributed by atoms with E-state index in [4.69, 9.17) is 9.47 Å². The number of carbonyl (C=O) groups is 1. The van der Waals surface area contributed by atoms with Crippen molar-refractivity contribution in [1.82, 2.24) is 5.32 Å². The van der Waals surface area contributed by atoms with E-state index in [9.17, 15) is 20.1 Å². The van der Waals surface area contributed by atoms with Crippen LogP contribution in [0.25, 0.3) is 0 Å². The Morgan fingerprint density at radius 2 is 1.94 bits per heavy atom. The maximum atomic E-state index is 11.2. The van der Waals surface area contributed by atoms with Crippen LogP contribution < -0.4 is 5.32 Å². The second-order valence-corrected chi connectivity index (χ2v) is 4.37. The number of nitrogens with one attached hydrogen (secondary N) is 1. The Labute approximate surface area is 106 Å². The highest BCUT2D eigenvalue weighted by Gasteiger charge is 2.41. The van der Waals surface area contributed by atoms with Crippen molar-refractivity contribution >= 4 is 6.09 Å². The molecule has 18 heavy (non-hydrogen) atoms. The lowest BCUT2D eigenvalue weighted by Crippen LogP contribution is -2.59. The zero-order valence-corrected chi connectivity index (χ0v) is 10.6. The molecule has 0 radical (unpaired) electrons. The minimum absolute atomic E-state index is 0.0117. The minimum atomic E-state index is -1.28. The van der Waals surface area contributed by atoms with Gasteiger partial charge in [0.15, 0.2) is 0 Å². The number of hydrogen-bond donors (Lipinski definition) is 4. The monoisotopic (exact) mass is 263 g/mol. The third-order valence-corrected chi connectivity index (χ3v) is 2.84. The van der Waals surface area contributed by atoms with E-state index in [2.05, 4.69) is 5.32 Å². The molecule has 7 heteroatoms. The third-order valence-electron chi connectivity index (χ3n) is 2.84. The van der Waals surface area contributed by atoms with Crippen molar-refractivity contribution in [2.45, 2.75) is 50.8 Å². The summed E-state index contributed by atoms with van der Waals surface area (Å²) in [6.07, 6.45) is -4.92. The van der Waals surface area contributed by atoms with Crippen LogP contribution in [-0.4, -0.2) is 65.1 Å². The molecule has 0 aliphatic carbocycles. The molecule has 0 bridgehead atoms. The van der Waals surface area contributed by atoms with Crippen molar-refractivity contribution in [3.8, 4) is 0 Å². The van der Waals surface area contributed by atoms with Crippen LogP contribution in [0.5, 0.6) is 0 Å². The molecule has 1 heterocycles. The third kappa shape index (κ3) is 3.81. The van der Waals surface area contributed by atoms with E-state index in [-0.39, 0.29) is 6.54 Å². The van der Waals surface area contributed by atoms with Gasteiger partial charge in [0.2, 0.25) is 0 Å². The summed E-state index contributed by atoms with van der Waals surface area (Å²) in [6.45, 7) is 3.79. The van der Waals surface area contributed by atoms with Gasteiger partial charge in [0, 0.05) is 6.54 Å². The Kier molecular flexibility index (Phi) is 5.80. The second kappa shape index (κ2) is 6.89. The summed E-state index contributed by atoms with van der Waals surface area (Å²) in [6, 6.07) is 0. The SMILES string of the molecule is CCCOC(=O)NCC1O[C@@H](C)C(O)C(O)[C@@H]1O. The molecule has 0 saturated carbocycles. The number of rotatable bonds is 4. The number of carbonyl (C=O) groups excluding carboxylic acids is 1. The molecule has 0 aromatic rings. The molecule has 0 aromatic carbocycles. The van der Waals surface area contributed by atoms with Crippen LogP contribution in [-0.2, 0) is 9.47 Å². The summed E-state index contributed by atoms with van der Waals surface area (Å²) in [5, 5.41) is 31.2. The smallest absolute Gasteiger partial charge is 0.407 e.